The van der Waals surface area contributed by atoms with Gasteiger partial charge in [-0.15, -0.1) is 12.4 Å². The van der Waals surface area contributed by atoms with Crippen LogP contribution in [0.25, 0.3) is 0 Å². The molecule has 0 saturated carbocycles. The van der Waals surface area contributed by atoms with Crippen molar-refractivity contribution in [2.24, 2.45) is 0 Å². The first-order valence-corrected chi connectivity index (χ1v) is 6.53. The summed E-state index contributed by atoms with van der Waals surface area (Å²) in [5, 5.41) is 6.86. The van der Waals surface area contributed by atoms with E-state index < -0.39 is 0 Å². The molecule has 100 valence electrons. The van der Waals surface area contributed by atoms with Crippen molar-refractivity contribution in [1.82, 2.24) is 5.32 Å². The van der Waals surface area contributed by atoms with Gasteiger partial charge in [0.2, 0.25) is 0 Å². The Balaban J connectivity index is 0.00000133. The van der Waals surface area contributed by atoms with Gasteiger partial charge < -0.3 is 10.6 Å². The highest BCUT2D eigenvalue weighted by atomic mass is 35.5. The molecule has 1 fully saturated rings. The number of anilines is 1. The molecule has 19 heavy (non-hydrogen) atoms. The molecule has 2 N–H and O–H groups in total. The zero-order chi connectivity index (χ0) is 12.2. The second-order valence-electron chi connectivity index (χ2n) is 4.76. The fraction of sp³-hybridized carbons (Fsp3) is 0.250. The molecule has 1 atom stereocenters. The van der Waals surface area contributed by atoms with Crippen LogP contribution in [0.1, 0.15) is 23.6 Å². The molecular formula is C16H19ClN2. The highest BCUT2D eigenvalue weighted by Crippen LogP contribution is 2.23. The summed E-state index contributed by atoms with van der Waals surface area (Å²) in [7, 11) is 0. The van der Waals surface area contributed by atoms with E-state index in [1.165, 1.54) is 23.2 Å². The molecule has 0 aliphatic carbocycles. The summed E-state index contributed by atoms with van der Waals surface area (Å²) in [4.78, 5) is 0. The van der Waals surface area contributed by atoms with Gasteiger partial charge >= 0.3 is 0 Å². The number of hydrogen-bond donors (Lipinski definition) is 2. The minimum atomic E-state index is 0. The highest BCUT2D eigenvalue weighted by Gasteiger charge is 2.17. The maximum absolute atomic E-state index is 3.44. The van der Waals surface area contributed by atoms with Gasteiger partial charge in [-0.1, -0.05) is 42.5 Å². The lowest BCUT2D eigenvalue weighted by Crippen LogP contribution is -2.34. The second-order valence-corrected chi connectivity index (χ2v) is 4.76. The van der Waals surface area contributed by atoms with Crippen LogP contribution in [-0.2, 0) is 6.54 Å². The second kappa shape index (κ2) is 6.60. The number of rotatable bonds is 4. The van der Waals surface area contributed by atoms with E-state index in [0.717, 1.165) is 13.1 Å². The van der Waals surface area contributed by atoms with Gasteiger partial charge in [-0.05, 0) is 36.2 Å². The van der Waals surface area contributed by atoms with Gasteiger partial charge in [0.05, 0.1) is 0 Å². The Morgan fingerprint density at radius 3 is 2.26 bits per heavy atom. The van der Waals surface area contributed by atoms with Crippen LogP contribution in [0.15, 0.2) is 54.6 Å². The van der Waals surface area contributed by atoms with Crippen LogP contribution in [0, 0.1) is 0 Å². The van der Waals surface area contributed by atoms with E-state index in [4.69, 9.17) is 0 Å². The van der Waals surface area contributed by atoms with E-state index in [0.29, 0.717) is 6.04 Å². The van der Waals surface area contributed by atoms with Gasteiger partial charge in [-0.3, -0.25) is 0 Å². The average molecular weight is 275 g/mol. The molecule has 1 aliphatic heterocycles. The molecule has 2 aromatic rings. The molecule has 0 spiro atoms. The fourth-order valence-corrected chi connectivity index (χ4v) is 2.21. The van der Waals surface area contributed by atoms with E-state index in [1.807, 2.05) is 6.07 Å². The molecule has 0 bridgehead atoms. The van der Waals surface area contributed by atoms with Gasteiger partial charge in [0.1, 0.15) is 0 Å². The lowest BCUT2D eigenvalue weighted by atomic mass is 9.98. The normalized spacial score (nSPS) is 17.2. The van der Waals surface area contributed by atoms with E-state index in [2.05, 4.69) is 59.2 Å². The fourth-order valence-electron chi connectivity index (χ4n) is 2.21. The molecule has 0 unspecified atom stereocenters. The predicted molar refractivity (Wildman–Crippen MR) is 82.8 cm³/mol. The highest BCUT2D eigenvalue weighted by molar-refractivity contribution is 5.85. The Bertz CT molecular complexity index is 492. The summed E-state index contributed by atoms with van der Waals surface area (Å²) < 4.78 is 0. The largest absolute Gasteiger partial charge is 0.381 e. The molecule has 0 aromatic heterocycles. The summed E-state index contributed by atoms with van der Waals surface area (Å²) in [6, 6.07) is 19.8. The standard InChI is InChI=1S/C16H18N2.ClH/c1-2-4-13(5-3-1)12-18-15-8-6-14(7-9-15)16-10-11-17-16;/h1-9,16-18H,10-12H2;1H/t16-;/m1./s1. The van der Waals surface area contributed by atoms with E-state index >= 15 is 0 Å². The molecule has 2 nitrogen and oxygen atoms in total. The zero-order valence-corrected chi connectivity index (χ0v) is 11.6. The van der Waals surface area contributed by atoms with E-state index in [-0.39, 0.29) is 12.4 Å². The average Bonchev–Trinajstić information content (AvgIpc) is 2.37. The van der Waals surface area contributed by atoms with Crippen LogP contribution < -0.4 is 10.6 Å². The first kappa shape index (κ1) is 13.9. The summed E-state index contributed by atoms with van der Waals surface area (Å²) >= 11 is 0. The molecule has 0 radical (unpaired) electrons. The summed E-state index contributed by atoms with van der Waals surface area (Å²) in [5.74, 6) is 0. The molecule has 2 aromatic carbocycles. The van der Waals surface area contributed by atoms with Crippen molar-refractivity contribution in [2.75, 3.05) is 11.9 Å². The predicted octanol–water partition coefficient (Wildman–Crippen LogP) is 3.75. The first-order valence-electron chi connectivity index (χ1n) is 6.53. The Kier molecular flexibility index (Phi) is 4.83. The van der Waals surface area contributed by atoms with Crippen molar-refractivity contribution in [1.29, 1.82) is 0 Å². The molecule has 1 aliphatic rings. The maximum atomic E-state index is 3.44. The van der Waals surface area contributed by atoms with Crippen molar-refractivity contribution >= 4 is 18.1 Å². The third kappa shape index (κ3) is 3.49. The van der Waals surface area contributed by atoms with Crippen LogP contribution in [-0.4, -0.2) is 6.54 Å². The first-order chi connectivity index (χ1) is 8.92. The molecule has 1 saturated heterocycles. The number of hydrogen-bond acceptors (Lipinski definition) is 2. The van der Waals surface area contributed by atoms with Crippen LogP contribution in [0.2, 0.25) is 0 Å². The summed E-state index contributed by atoms with van der Waals surface area (Å²) in [6.45, 7) is 2.03. The Morgan fingerprint density at radius 1 is 1.00 bits per heavy atom. The zero-order valence-electron chi connectivity index (χ0n) is 10.8. The molecule has 3 rings (SSSR count). The van der Waals surface area contributed by atoms with Gasteiger partial charge in [0, 0.05) is 18.3 Å². The molecule has 1 heterocycles. The van der Waals surface area contributed by atoms with Gasteiger partial charge in [-0.2, -0.15) is 0 Å². The van der Waals surface area contributed by atoms with E-state index in [1.54, 1.807) is 0 Å². The maximum Gasteiger partial charge on any atom is 0.0400 e. The smallest absolute Gasteiger partial charge is 0.0400 e. The van der Waals surface area contributed by atoms with Crippen molar-refractivity contribution in [2.45, 2.75) is 19.0 Å². The monoisotopic (exact) mass is 274 g/mol. The third-order valence-corrected chi connectivity index (χ3v) is 3.48. The van der Waals surface area contributed by atoms with E-state index in [9.17, 15) is 0 Å². The molecular weight excluding hydrogens is 256 g/mol. The summed E-state index contributed by atoms with van der Waals surface area (Å²) in [6.07, 6.45) is 1.26. The van der Waals surface area contributed by atoms with Crippen molar-refractivity contribution in [3.8, 4) is 0 Å². The Labute approximate surface area is 120 Å². The van der Waals surface area contributed by atoms with Gasteiger partial charge in [0.25, 0.3) is 0 Å². The lowest BCUT2D eigenvalue weighted by molar-refractivity contribution is 0.383. The van der Waals surface area contributed by atoms with Crippen molar-refractivity contribution in [3.63, 3.8) is 0 Å². The molecule has 3 heteroatoms. The van der Waals surface area contributed by atoms with Crippen LogP contribution in [0.4, 0.5) is 5.69 Å². The lowest BCUT2D eigenvalue weighted by Gasteiger charge is -2.28. The minimum Gasteiger partial charge on any atom is -0.381 e. The topological polar surface area (TPSA) is 24.1 Å². The van der Waals surface area contributed by atoms with Crippen LogP contribution in [0.5, 0.6) is 0 Å². The minimum absolute atomic E-state index is 0. The van der Waals surface area contributed by atoms with Crippen LogP contribution in [0.3, 0.4) is 0 Å². The third-order valence-electron chi connectivity index (χ3n) is 3.48. The Morgan fingerprint density at radius 2 is 1.68 bits per heavy atom. The van der Waals surface area contributed by atoms with Gasteiger partial charge in [0.15, 0.2) is 0 Å². The van der Waals surface area contributed by atoms with Crippen molar-refractivity contribution < 1.29 is 0 Å². The number of halogens is 1. The van der Waals surface area contributed by atoms with Crippen molar-refractivity contribution in [3.05, 3.63) is 65.7 Å². The molecule has 0 amide bonds. The Hall–Kier alpha value is -1.51. The van der Waals surface area contributed by atoms with Gasteiger partial charge in [-0.25, -0.2) is 0 Å². The quantitative estimate of drug-likeness (QED) is 0.887. The van der Waals surface area contributed by atoms with Crippen LogP contribution >= 0.6 is 12.4 Å². The SMILES string of the molecule is Cl.c1ccc(CNc2ccc([C@H]3CCN3)cc2)cc1. The number of benzene rings is 2. The summed E-state index contributed by atoms with van der Waals surface area (Å²) in [5.41, 5.74) is 3.88. The number of nitrogens with one attached hydrogen (secondary N) is 2.